The van der Waals surface area contributed by atoms with Gasteiger partial charge in [0, 0.05) is 12.8 Å². The lowest BCUT2D eigenvalue weighted by atomic mass is 10.1. The molecule has 0 heterocycles. The Morgan fingerprint density at radius 3 is 1.16 bits per heavy atom. The van der Waals surface area contributed by atoms with Crippen molar-refractivity contribution in [2.45, 2.75) is 271 Å². The van der Waals surface area contributed by atoms with Gasteiger partial charge in [-0.3, -0.25) is 18.6 Å². The molecule has 0 radical (unpaired) electrons. The SMILES string of the molecule is CCCCCCC/C=C\C/C=C\CCCCCCCCCCCC(=O)OC(COC(=O)CCCCCCCCCCC/C=C\CCCCCCCCCC)COP(=O)(O)OCC. The van der Waals surface area contributed by atoms with Gasteiger partial charge in [0.15, 0.2) is 6.10 Å². The van der Waals surface area contributed by atoms with Gasteiger partial charge in [-0.05, 0) is 77.6 Å². The van der Waals surface area contributed by atoms with E-state index in [-0.39, 0.29) is 25.6 Å². The number of esters is 2. The van der Waals surface area contributed by atoms with Crippen molar-refractivity contribution in [1.82, 2.24) is 0 Å². The summed E-state index contributed by atoms with van der Waals surface area (Å²) in [5, 5.41) is 0. The average molecular weight is 895 g/mol. The molecule has 1 N–H and O–H groups in total. The van der Waals surface area contributed by atoms with Gasteiger partial charge in [-0.25, -0.2) is 4.57 Å². The topological polar surface area (TPSA) is 108 Å². The first-order valence-electron chi connectivity index (χ1n) is 26.3. The van der Waals surface area contributed by atoms with Crippen LogP contribution in [0.5, 0.6) is 0 Å². The van der Waals surface area contributed by atoms with E-state index in [9.17, 15) is 19.0 Å². The second-order valence-corrected chi connectivity index (χ2v) is 19.0. The maximum absolute atomic E-state index is 12.6. The molecule has 0 amide bonds. The van der Waals surface area contributed by atoms with Crippen LogP contribution in [0.1, 0.15) is 265 Å². The van der Waals surface area contributed by atoms with Crippen LogP contribution in [0.2, 0.25) is 0 Å². The van der Waals surface area contributed by atoms with E-state index in [0.29, 0.717) is 12.8 Å². The van der Waals surface area contributed by atoms with Crippen LogP contribution in [0.3, 0.4) is 0 Å². The van der Waals surface area contributed by atoms with E-state index in [4.69, 9.17) is 18.5 Å². The van der Waals surface area contributed by atoms with Crippen molar-refractivity contribution in [3.8, 4) is 0 Å². The lowest BCUT2D eigenvalue weighted by Gasteiger charge is -2.19. The molecular weight excluding hydrogens is 796 g/mol. The van der Waals surface area contributed by atoms with Gasteiger partial charge in [0.2, 0.25) is 0 Å². The first kappa shape index (κ1) is 60.3. The second kappa shape index (κ2) is 48.7. The molecule has 0 spiro atoms. The molecule has 0 aliphatic carbocycles. The van der Waals surface area contributed by atoms with Crippen LogP contribution in [0, 0.1) is 0 Å². The van der Waals surface area contributed by atoms with Gasteiger partial charge in [0.25, 0.3) is 0 Å². The van der Waals surface area contributed by atoms with Crippen LogP contribution in [0.25, 0.3) is 0 Å². The molecular formula is C53H99O8P. The van der Waals surface area contributed by atoms with Crippen molar-refractivity contribution in [2.24, 2.45) is 0 Å². The molecule has 0 fully saturated rings. The Bertz CT molecular complexity index is 1110. The zero-order valence-corrected chi connectivity index (χ0v) is 41.7. The van der Waals surface area contributed by atoms with E-state index < -0.39 is 26.5 Å². The number of ether oxygens (including phenoxy) is 2. The summed E-state index contributed by atoms with van der Waals surface area (Å²) < 4.78 is 32.8. The predicted octanol–water partition coefficient (Wildman–Crippen LogP) is 17.1. The fraction of sp³-hybridized carbons (Fsp3) is 0.849. The minimum atomic E-state index is -4.29. The molecule has 0 aromatic rings. The number of phosphoric ester groups is 1. The molecule has 0 saturated heterocycles. The van der Waals surface area contributed by atoms with Crippen LogP contribution in [-0.2, 0) is 32.7 Å². The van der Waals surface area contributed by atoms with Gasteiger partial charge in [0.1, 0.15) is 6.61 Å². The van der Waals surface area contributed by atoms with Gasteiger partial charge in [-0.2, -0.15) is 0 Å². The first-order valence-corrected chi connectivity index (χ1v) is 27.8. The molecule has 8 nitrogen and oxygen atoms in total. The van der Waals surface area contributed by atoms with Crippen LogP contribution in [-0.4, -0.2) is 42.8 Å². The lowest BCUT2D eigenvalue weighted by molar-refractivity contribution is -0.161. The van der Waals surface area contributed by atoms with E-state index in [0.717, 1.165) is 44.9 Å². The standard InChI is InChI=1S/C53H99O8P/c1-4-7-9-11-13-15-17-19-21-23-25-27-29-31-33-35-37-39-41-43-45-47-52(54)58-49-51(50-60-62(56,57)59-6-3)61-53(55)48-46-44-42-40-38-36-34-32-30-28-26-24-22-20-18-16-14-12-10-8-5-2/h18,20,23-26,51H,4-17,19,21-22,27-50H2,1-3H3,(H,56,57)/b20-18-,25-23-,26-24-. The Morgan fingerprint density at radius 1 is 0.435 bits per heavy atom. The highest BCUT2D eigenvalue weighted by atomic mass is 31.2. The van der Waals surface area contributed by atoms with Crippen molar-refractivity contribution in [3.05, 3.63) is 36.5 Å². The van der Waals surface area contributed by atoms with E-state index in [1.54, 1.807) is 6.92 Å². The van der Waals surface area contributed by atoms with Crippen molar-refractivity contribution < 1.29 is 37.6 Å². The molecule has 0 aromatic heterocycles. The molecule has 0 saturated carbocycles. The number of hydrogen-bond donors (Lipinski definition) is 1. The summed E-state index contributed by atoms with van der Waals surface area (Å²) in [5.41, 5.74) is 0. The number of unbranched alkanes of at least 4 members (excludes halogenated alkanes) is 31. The lowest BCUT2D eigenvalue weighted by Crippen LogP contribution is -2.29. The van der Waals surface area contributed by atoms with E-state index in [1.165, 1.54) is 180 Å². The summed E-state index contributed by atoms with van der Waals surface area (Å²) in [5.74, 6) is -0.795. The van der Waals surface area contributed by atoms with Gasteiger partial charge in [-0.1, -0.05) is 211 Å². The van der Waals surface area contributed by atoms with Gasteiger partial charge < -0.3 is 14.4 Å². The maximum atomic E-state index is 12.6. The Labute approximate surface area is 383 Å². The normalized spacial score (nSPS) is 13.4. The van der Waals surface area contributed by atoms with Gasteiger partial charge in [0.05, 0.1) is 13.2 Å². The molecule has 0 aliphatic heterocycles. The molecule has 0 rings (SSSR count). The zero-order valence-electron chi connectivity index (χ0n) is 40.8. The summed E-state index contributed by atoms with van der Waals surface area (Å²) in [4.78, 5) is 35.0. The second-order valence-electron chi connectivity index (χ2n) is 17.5. The Kier molecular flexibility index (Phi) is 47.4. The number of allylic oxidation sites excluding steroid dienone is 6. The fourth-order valence-electron chi connectivity index (χ4n) is 7.54. The average Bonchev–Trinajstić information content (AvgIpc) is 3.25. The number of carbonyl (C=O) groups is 2. The minimum Gasteiger partial charge on any atom is -0.462 e. The van der Waals surface area contributed by atoms with Gasteiger partial charge >= 0.3 is 19.8 Å². The third-order valence-corrected chi connectivity index (χ3v) is 12.5. The number of hydrogen-bond acceptors (Lipinski definition) is 7. The van der Waals surface area contributed by atoms with Crippen LogP contribution < -0.4 is 0 Å². The van der Waals surface area contributed by atoms with E-state index in [1.807, 2.05) is 0 Å². The third kappa shape index (κ3) is 47.7. The van der Waals surface area contributed by atoms with Crippen molar-refractivity contribution in [3.63, 3.8) is 0 Å². The Hall–Kier alpha value is -1.73. The highest BCUT2D eigenvalue weighted by Crippen LogP contribution is 2.43. The smallest absolute Gasteiger partial charge is 0.462 e. The van der Waals surface area contributed by atoms with E-state index >= 15 is 0 Å². The van der Waals surface area contributed by atoms with Crippen molar-refractivity contribution >= 4 is 19.8 Å². The van der Waals surface area contributed by atoms with Crippen molar-refractivity contribution in [2.75, 3.05) is 19.8 Å². The molecule has 2 atom stereocenters. The van der Waals surface area contributed by atoms with Crippen LogP contribution in [0.4, 0.5) is 0 Å². The Morgan fingerprint density at radius 2 is 0.774 bits per heavy atom. The zero-order chi connectivity index (χ0) is 45.3. The number of rotatable bonds is 49. The molecule has 0 aliphatic rings. The highest BCUT2D eigenvalue weighted by molar-refractivity contribution is 7.47. The molecule has 62 heavy (non-hydrogen) atoms. The molecule has 0 aromatic carbocycles. The minimum absolute atomic E-state index is 0.000212. The van der Waals surface area contributed by atoms with Crippen LogP contribution >= 0.6 is 7.82 Å². The highest BCUT2D eigenvalue weighted by Gasteiger charge is 2.25. The van der Waals surface area contributed by atoms with E-state index in [2.05, 4.69) is 50.3 Å². The first-order chi connectivity index (χ1) is 30.3. The monoisotopic (exact) mass is 895 g/mol. The summed E-state index contributed by atoms with van der Waals surface area (Å²) in [6.45, 7) is 5.50. The fourth-order valence-corrected chi connectivity index (χ4v) is 8.29. The predicted molar refractivity (Wildman–Crippen MR) is 262 cm³/mol. The maximum Gasteiger partial charge on any atom is 0.472 e. The van der Waals surface area contributed by atoms with Crippen molar-refractivity contribution in [1.29, 1.82) is 0 Å². The quantitative estimate of drug-likeness (QED) is 0.0278. The largest absolute Gasteiger partial charge is 0.472 e. The summed E-state index contributed by atoms with van der Waals surface area (Å²) in [6.07, 6.45) is 57.8. The molecule has 364 valence electrons. The summed E-state index contributed by atoms with van der Waals surface area (Å²) >= 11 is 0. The molecule has 0 bridgehead atoms. The summed E-state index contributed by atoms with van der Waals surface area (Å²) in [6, 6.07) is 0. The molecule has 9 heteroatoms. The molecule has 2 unspecified atom stereocenters. The Balaban J connectivity index is 3.97. The number of carbonyl (C=O) groups excluding carboxylic acids is 2. The van der Waals surface area contributed by atoms with Crippen LogP contribution in [0.15, 0.2) is 36.5 Å². The summed E-state index contributed by atoms with van der Waals surface area (Å²) in [7, 11) is -4.29. The number of phosphoric acid groups is 1. The van der Waals surface area contributed by atoms with Gasteiger partial charge in [-0.15, -0.1) is 0 Å². The third-order valence-electron chi connectivity index (χ3n) is 11.4.